The highest BCUT2D eigenvalue weighted by atomic mass is 35.5. The number of sulfonamides is 1. The molecule has 5 nitrogen and oxygen atoms in total. The SMILES string of the molecule is O=C(Nc1ccc(S(=O)(=O)Nc2c(F)cccc2F)cc1F)c1ccc(Cl)cc1Cl. The molecular formula is C19H11Cl2F3N2O3S. The third-order valence-electron chi connectivity index (χ3n) is 3.87. The van der Waals surface area contributed by atoms with E-state index in [9.17, 15) is 26.4 Å². The second-order valence-electron chi connectivity index (χ2n) is 5.92. The third-order valence-corrected chi connectivity index (χ3v) is 5.77. The molecule has 0 aromatic heterocycles. The molecule has 0 unspecified atom stereocenters. The van der Waals surface area contributed by atoms with Gasteiger partial charge in [-0.2, -0.15) is 0 Å². The predicted molar refractivity (Wildman–Crippen MR) is 108 cm³/mol. The van der Waals surface area contributed by atoms with Gasteiger partial charge in [0.2, 0.25) is 0 Å². The van der Waals surface area contributed by atoms with Gasteiger partial charge in [-0.15, -0.1) is 0 Å². The van der Waals surface area contributed by atoms with Crippen molar-refractivity contribution < 1.29 is 26.4 Å². The summed E-state index contributed by atoms with van der Waals surface area (Å²) >= 11 is 11.7. The number of rotatable bonds is 5. The van der Waals surface area contributed by atoms with Crippen LogP contribution in [0.3, 0.4) is 0 Å². The number of anilines is 2. The molecule has 2 N–H and O–H groups in total. The lowest BCUT2D eigenvalue weighted by Gasteiger charge is -2.12. The van der Waals surface area contributed by atoms with Crippen LogP contribution in [0.2, 0.25) is 10.0 Å². The van der Waals surface area contributed by atoms with Gasteiger partial charge >= 0.3 is 0 Å². The van der Waals surface area contributed by atoms with Crippen LogP contribution in [0.15, 0.2) is 59.5 Å². The van der Waals surface area contributed by atoms with Gasteiger partial charge in [-0.3, -0.25) is 9.52 Å². The molecule has 0 fully saturated rings. The Bertz CT molecular complexity index is 1230. The van der Waals surface area contributed by atoms with Crippen LogP contribution in [0, 0.1) is 17.5 Å². The second-order valence-corrected chi connectivity index (χ2v) is 8.45. The number of benzene rings is 3. The molecule has 0 atom stereocenters. The van der Waals surface area contributed by atoms with E-state index in [1.807, 2.05) is 0 Å². The average molecular weight is 475 g/mol. The van der Waals surface area contributed by atoms with Crippen molar-refractivity contribution in [3.8, 4) is 0 Å². The standard InChI is InChI=1S/C19H11Cl2F3N2O3S/c20-10-4-6-12(13(21)8-10)19(27)25-17-7-5-11(9-16(17)24)30(28,29)26-18-14(22)2-1-3-15(18)23/h1-9,26H,(H,25,27). The fourth-order valence-electron chi connectivity index (χ4n) is 2.42. The molecule has 0 aliphatic rings. The van der Waals surface area contributed by atoms with Crippen LogP contribution in [0.4, 0.5) is 24.5 Å². The number of hydrogen-bond acceptors (Lipinski definition) is 3. The van der Waals surface area contributed by atoms with Crippen molar-refractivity contribution in [3.63, 3.8) is 0 Å². The summed E-state index contributed by atoms with van der Waals surface area (Å²) in [6.07, 6.45) is 0. The number of halogens is 5. The number of carbonyl (C=O) groups is 1. The van der Waals surface area contributed by atoms with Gasteiger partial charge in [-0.1, -0.05) is 29.3 Å². The van der Waals surface area contributed by atoms with Gasteiger partial charge in [0.25, 0.3) is 15.9 Å². The molecule has 3 rings (SSSR count). The number of hydrogen-bond donors (Lipinski definition) is 2. The van der Waals surface area contributed by atoms with Crippen LogP contribution in [-0.4, -0.2) is 14.3 Å². The molecule has 1 amide bonds. The molecule has 0 saturated carbocycles. The molecule has 0 aliphatic carbocycles. The van der Waals surface area contributed by atoms with Crippen LogP contribution in [0.25, 0.3) is 0 Å². The van der Waals surface area contributed by atoms with E-state index in [-0.39, 0.29) is 16.3 Å². The minimum atomic E-state index is -4.51. The summed E-state index contributed by atoms with van der Waals surface area (Å²) in [6.45, 7) is 0. The fraction of sp³-hybridized carbons (Fsp3) is 0. The summed E-state index contributed by atoms with van der Waals surface area (Å²) in [4.78, 5) is 11.7. The van der Waals surface area contributed by atoms with E-state index in [4.69, 9.17) is 23.2 Å². The van der Waals surface area contributed by atoms with E-state index in [1.165, 1.54) is 18.2 Å². The van der Waals surface area contributed by atoms with E-state index < -0.39 is 44.0 Å². The smallest absolute Gasteiger partial charge is 0.262 e. The highest BCUT2D eigenvalue weighted by Gasteiger charge is 2.21. The van der Waals surface area contributed by atoms with Crippen molar-refractivity contribution in [3.05, 3.63) is 87.7 Å². The van der Waals surface area contributed by atoms with Crippen molar-refractivity contribution in [2.75, 3.05) is 10.0 Å². The first-order valence-corrected chi connectivity index (χ1v) is 10.3. The number of amides is 1. The summed E-state index contributed by atoms with van der Waals surface area (Å²) in [6, 6.07) is 9.42. The molecule has 30 heavy (non-hydrogen) atoms. The Balaban J connectivity index is 1.85. The summed E-state index contributed by atoms with van der Waals surface area (Å²) in [7, 11) is -4.51. The van der Waals surface area contributed by atoms with Gasteiger partial charge in [0, 0.05) is 5.02 Å². The molecule has 0 bridgehead atoms. The molecule has 0 spiro atoms. The van der Waals surface area contributed by atoms with Crippen LogP contribution < -0.4 is 10.0 Å². The molecule has 3 aromatic rings. The Morgan fingerprint density at radius 1 is 0.867 bits per heavy atom. The molecule has 3 aromatic carbocycles. The lowest BCUT2D eigenvalue weighted by molar-refractivity contribution is 0.102. The van der Waals surface area contributed by atoms with Gasteiger partial charge in [-0.25, -0.2) is 21.6 Å². The number of carbonyl (C=O) groups excluding carboxylic acids is 1. The minimum Gasteiger partial charge on any atom is -0.319 e. The van der Waals surface area contributed by atoms with Crippen LogP contribution in [0.5, 0.6) is 0 Å². The van der Waals surface area contributed by atoms with Crippen molar-refractivity contribution in [1.82, 2.24) is 0 Å². The highest BCUT2D eigenvalue weighted by Crippen LogP contribution is 2.26. The number of para-hydroxylation sites is 1. The Morgan fingerprint density at radius 2 is 1.53 bits per heavy atom. The third kappa shape index (κ3) is 4.69. The monoisotopic (exact) mass is 474 g/mol. The van der Waals surface area contributed by atoms with Gasteiger partial charge in [0.05, 0.1) is 21.2 Å². The van der Waals surface area contributed by atoms with Crippen LogP contribution in [-0.2, 0) is 10.0 Å². The van der Waals surface area contributed by atoms with E-state index >= 15 is 0 Å². The lowest BCUT2D eigenvalue weighted by Crippen LogP contribution is -2.17. The van der Waals surface area contributed by atoms with Crippen molar-refractivity contribution in [1.29, 1.82) is 0 Å². The predicted octanol–water partition coefficient (Wildman–Crippen LogP) is 5.46. The molecule has 0 saturated heterocycles. The van der Waals surface area contributed by atoms with Gasteiger partial charge in [0.15, 0.2) is 0 Å². The first-order chi connectivity index (χ1) is 14.1. The van der Waals surface area contributed by atoms with E-state index in [1.54, 1.807) is 4.72 Å². The second kappa shape index (κ2) is 8.55. The average Bonchev–Trinajstić information content (AvgIpc) is 2.66. The van der Waals surface area contributed by atoms with Gasteiger partial charge < -0.3 is 5.32 Å². The van der Waals surface area contributed by atoms with Crippen LogP contribution in [0.1, 0.15) is 10.4 Å². The molecule has 11 heteroatoms. The summed E-state index contributed by atoms with van der Waals surface area (Å²) in [5.74, 6) is -4.12. The maximum atomic E-state index is 14.4. The molecule has 0 aliphatic heterocycles. The highest BCUT2D eigenvalue weighted by molar-refractivity contribution is 7.92. The number of nitrogens with one attached hydrogen (secondary N) is 2. The maximum absolute atomic E-state index is 14.4. The van der Waals surface area contributed by atoms with E-state index in [0.29, 0.717) is 11.1 Å². The lowest BCUT2D eigenvalue weighted by atomic mass is 10.2. The zero-order chi connectivity index (χ0) is 22.1. The van der Waals surface area contributed by atoms with Crippen molar-refractivity contribution in [2.24, 2.45) is 0 Å². The molecule has 0 radical (unpaired) electrons. The minimum absolute atomic E-state index is 0.0221. The molecule has 156 valence electrons. The quantitative estimate of drug-likeness (QED) is 0.515. The van der Waals surface area contributed by atoms with E-state index in [0.717, 1.165) is 30.3 Å². The van der Waals surface area contributed by atoms with Gasteiger partial charge in [-0.05, 0) is 48.5 Å². The van der Waals surface area contributed by atoms with Gasteiger partial charge in [0.1, 0.15) is 23.1 Å². The first kappa shape index (κ1) is 21.9. The summed E-state index contributed by atoms with van der Waals surface area (Å²) in [5, 5.41) is 2.60. The Kier molecular flexibility index (Phi) is 6.25. The van der Waals surface area contributed by atoms with Crippen molar-refractivity contribution in [2.45, 2.75) is 4.90 Å². The normalized spacial score (nSPS) is 11.2. The molecule has 0 heterocycles. The summed E-state index contributed by atoms with van der Waals surface area (Å²) in [5.41, 5.74) is -1.21. The van der Waals surface area contributed by atoms with Crippen molar-refractivity contribution >= 4 is 50.5 Å². The maximum Gasteiger partial charge on any atom is 0.262 e. The van der Waals surface area contributed by atoms with E-state index in [2.05, 4.69) is 5.32 Å². The molecular weight excluding hydrogens is 464 g/mol. The Morgan fingerprint density at radius 3 is 2.13 bits per heavy atom. The first-order valence-electron chi connectivity index (χ1n) is 8.11. The summed E-state index contributed by atoms with van der Waals surface area (Å²) < 4.78 is 68.3. The zero-order valence-electron chi connectivity index (χ0n) is 14.7. The van der Waals surface area contributed by atoms with Crippen LogP contribution >= 0.6 is 23.2 Å². The fourth-order valence-corrected chi connectivity index (χ4v) is 4.00. The zero-order valence-corrected chi connectivity index (χ0v) is 17.0. The topological polar surface area (TPSA) is 75.3 Å². The largest absolute Gasteiger partial charge is 0.319 e. The Hall–Kier alpha value is -2.75. The Labute approximate surface area is 179 Å².